The summed E-state index contributed by atoms with van der Waals surface area (Å²) < 4.78 is 17.4. The van der Waals surface area contributed by atoms with Crippen molar-refractivity contribution in [1.82, 2.24) is 40.4 Å². The second-order valence-electron chi connectivity index (χ2n) is 18.6. The molecule has 16 heteroatoms. The molecule has 9 rings (SSSR count). The van der Waals surface area contributed by atoms with E-state index in [-0.39, 0.29) is 60.0 Å². The minimum Gasteiger partial charge on any atom is -0.488 e. The van der Waals surface area contributed by atoms with Crippen LogP contribution in [0.4, 0.5) is 9.59 Å². The third kappa shape index (κ3) is 7.90. The number of hydrogen-bond acceptors (Lipinski definition) is 9. The number of ether oxygens (including phenoxy) is 3. The minimum atomic E-state index is -1.22. The number of nitrogens with zero attached hydrogens (tertiary/aromatic N) is 4. The van der Waals surface area contributed by atoms with Crippen molar-refractivity contribution in [3.05, 3.63) is 65.9 Å². The Bertz CT molecular complexity index is 2610. The molecule has 3 saturated heterocycles. The number of carboxylic acid groups (broad SMARTS) is 1. The van der Waals surface area contributed by atoms with Crippen LogP contribution in [-0.4, -0.2) is 102 Å². The molecule has 1 unspecified atom stereocenters. The van der Waals surface area contributed by atoms with E-state index in [2.05, 4.69) is 63.9 Å². The monoisotopic (exact) mass is 874 g/mol. The molecule has 4 aliphatic heterocycles. The number of hydrogen-bond donors (Lipinski definition) is 5. The Morgan fingerprint density at radius 2 is 1.55 bits per heavy atom. The summed E-state index contributed by atoms with van der Waals surface area (Å²) in [6.45, 7) is 12.1. The quantitative estimate of drug-likeness (QED) is 0.0966. The fourth-order valence-electron chi connectivity index (χ4n) is 10.8. The van der Waals surface area contributed by atoms with Gasteiger partial charge in [-0.2, -0.15) is 0 Å². The van der Waals surface area contributed by atoms with Crippen LogP contribution >= 0.6 is 0 Å². The van der Waals surface area contributed by atoms with Crippen molar-refractivity contribution in [1.29, 1.82) is 0 Å². The molecule has 338 valence electrons. The van der Waals surface area contributed by atoms with Crippen molar-refractivity contribution in [2.45, 2.75) is 135 Å². The van der Waals surface area contributed by atoms with E-state index in [0.717, 1.165) is 81.2 Å². The van der Waals surface area contributed by atoms with Crippen LogP contribution in [-0.2, 0) is 25.7 Å². The van der Waals surface area contributed by atoms with E-state index in [1.165, 1.54) is 7.11 Å². The molecule has 4 amide bonds. The number of aromatic nitrogens is 4. The summed E-state index contributed by atoms with van der Waals surface area (Å²) in [4.78, 5) is 73.1. The number of nitrogens with one attached hydrogen (secondary N) is 4. The molecule has 0 spiro atoms. The lowest BCUT2D eigenvalue weighted by atomic mass is 9.85. The number of fused-ring (bicyclic) bond motifs is 6. The number of carbonyl (C=O) groups is 4. The van der Waals surface area contributed by atoms with E-state index in [1.54, 1.807) is 11.1 Å². The van der Waals surface area contributed by atoms with Crippen molar-refractivity contribution in [3.8, 4) is 28.1 Å². The van der Waals surface area contributed by atoms with Gasteiger partial charge in [0.25, 0.3) is 0 Å². The summed E-state index contributed by atoms with van der Waals surface area (Å²) >= 11 is 0. The van der Waals surface area contributed by atoms with E-state index in [1.807, 2.05) is 45.6 Å². The van der Waals surface area contributed by atoms with Gasteiger partial charge in [-0.3, -0.25) is 9.59 Å². The summed E-state index contributed by atoms with van der Waals surface area (Å²) in [7, 11) is 1.31. The summed E-state index contributed by atoms with van der Waals surface area (Å²) in [5, 5.41) is 16.7. The Kier molecular flexibility index (Phi) is 11.5. The number of likely N-dealkylation sites (tertiary alicyclic amines) is 2. The molecule has 3 fully saturated rings. The first-order valence-electron chi connectivity index (χ1n) is 22.6. The maximum atomic E-state index is 14.6. The van der Waals surface area contributed by atoms with Crippen LogP contribution < -0.4 is 15.4 Å². The highest BCUT2D eigenvalue weighted by atomic mass is 16.5. The van der Waals surface area contributed by atoms with Gasteiger partial charge in [0.2, 0.25) is 11.8 Å². The van der Waals surface area contributed by atoms with Crippen molar-refractivity contribution in [3.63, 3.8) is 0 Å². The zero-order chi connectivity index (χ0) is 45.1. The average Bonchev–Trinajstić information content (AvgIpc) is 4.08. The van der Waals surface area contributed by atoms with Gasteiger partial charge in [0.1, 0.15) is 36.1 Å². The fourth-order valence-corrected chi connectivity index (χ4v) is 10.8. The number of methoxy groups -OCH3 is 1. The van der Waals surface area contributed by atoms with Crippen LogP contribution in [0.15, 0.2) is 48.7 Å². The first-order chi connectivity index (χ1) is 30.7. The Hall–Kier alpha value is -6.16. The zero-order valence-electron chi connectivity index (χ0n) is 37.4. The first-order valence-corrected chi connectivity index (χ1v) is 22.6. The number of imidazole rings is 2. The smallest absolute Gasteiger partial charge is 0.407 e. The molecule has 0 aliphatic carbocycles. The minimum absolute atomic E-state index is 0.0368. The van der Waals surface area contributed by atoms with E-state index in [0.29, 0.717) is 31.1 Å². The topological polar surface area (TPSA) is 204 Å². The lowest BCUT2D eigenvalue weighted by molar-refractivity contribution is -0.140. The van der Waals surface area contributed by atoms with Crippen LogP contribution in [0.2, 0.25) is 0 Å². The Morgan fingerprint density at radius 1 is 0.844 bits per heavy atom. The number of H-pyrrole nitrogens is 2. The summed E-state index contributed by atoms with van der Waals surface area (Å²) in [5.74, 6) is 1.44. The predicted octanol–water partition coefficient (Wildman–Crippen LogP) is 7.99. The van der Waals surface area contributed by atoms with E-state index < -0.39 is 24.3 Å². The molecular weight excluding hydrogens is 817 g/mol. The van der Waals surface area contributed by atoms with Gasteiger partial charge in [0.05, 0.1) is 54.3 Å². The largest absolute Gasteiger partial charge is 0.488 e. The SMILES string of the molecule is COC(=O)N[C@@H](C(=O)N1[C@@H](C)CC[C@H]1c1nc2c(ccc3cc4c(cc32)OCc2cc(-c3cnc([C@@H]5CC[C@H](C)N5C(=O)[C@@H](NC(=O)O)C(C)C)[nH]3)ccc2-4)[nH]1)C1C[C@@H](C)O[C@@H](C)C1. The molecule has 5 N–H and O–H groups in total. The number of aromatic amines is 2. The number of rotatable bonds is 9. The number of alkyl carbamates (subject to hydrolysis) is 1. The maximum Gasteiger partial charge on any atom is 0.407 e. The summed E-state index contributed by atoms with van der Waals surface area (Å²) in [6, 6.07) is 12.3. The van der Waals surface area contributed by atoms with E-state index in [4.69, 9.17) is 24.2 Å². The molecule has 6 heterocycles. The Labute approximate surface area is 371 Å². The van der Waals surface area contributed by atoms with Crippen LogP contribution in [0.1, 0.15) is 109 Å². The molecule has 0 saturated carbocycles. The van der Waals surface area contributed by atoms with Gasteiger partial charge in [-0.05, 0) is 124 Å². The first kappa shape index (κ1) is 43.1. The van der Waals surface area contributed by atoms with Crippen molar-refractivity contribution in [2.75, 3.05) is 7.11 Å². The fraction of sp³-hybridized carbons (Fsp3) is 0.500. The van der Waals surface area contributed by atoms with Gasteiger partial charge in [-0.25, -0.2) is 19.6 Å². The molecule has 5 aromatic rings. The van der Waals surface area contributed by atoms with Gasteiger partial charge in [0, 0.05) is 23.0 Å². The standard InChI is InChI=1S/C48H58N8O8/c1-23(2)40(53-47(59)60)45(57)55-24(3)8-14-37(55)43-49-21-36(51-43)29-10-12-32-31(18-29)22-63-39-20-33-28(19-34(32)39)11-13-35-42(33)52-44(50-35)38-15-9-25(4)56(38)46(58)41(54-48(61)62-7)30-16-26(5)64-27(6)17-30/h10-13,18-21,23-27,30,37-38,40-41,53H,8-9,14-17,22H2,1-7H3,(H,49,51)(H,50,52)(H,54,61)(H,59,60)/t24-,25-,26-,27+,30?,37-,38-,40-,41+/m0/s1. The van der Waals surface area contributed by atoms with Gasteiger partial charge >= 0.3 is 12.2 Å². The molecular formula is C48H58N8O8. The molecule has 4 aliphatic rings. The normalized spacial score (nSPS) is 25.2. The van der Waals surface area contributed by atoms with E-state index in [9.17, 15) is 24.3 Å². The number of carbonyl (C=O) groups excluding carboxylic acids is 3. The van der Waals surface area contributed by atoms with Crippen LogP contribution in [0, 0.1) is 11.8 Å². The predicted molar refractivity (Wildman–Crippen MR) is 239 cm³/mol. The van der Waals surface area contributed by atoms with Gasteiger partial charge < -0.3 is 49.7 Å². The molecule has 64 heavy (non-hydrogen) atoms. The summed E-state index contributed by atoms with van der Waals surface area (Å²) in [5.41, 5.74) is 6.49. The van der Waals surface area contributed by atoms with Gasteiger partial charge in [0.15, 0.2) is 0 Å². The third-order valence-electron chi connectivity index (χ3n) is 13.9. The average molecular weight is 875 g/mol. The zero-order valence-corrected chi connectivity index (χ0v) is 37.4. The molecule has 0 radical (unpaired) electrons. The lowest BCUT2D eigenvalue weighted by Gasteiger charge is -2.39. The van der Waals surface area contributed by atoms with Gasteiger partial charge in [-0.15, -0.1) is 0 Å². The van der Waals surface area contributed by atoms with E-state index >= 15 is 0 Å². The van der Waals surface area contributed by atoms with Crippen molar-refractivity contribution >= 4 is 45.8 Å². The third-order valence-corrected chi connectivity index (χ3v) is 13.9. The molecule has 3 aromatic carbocycles. The highest BCUT2D eigenvalue weighted by Gasteiger charge is 2.45. The Morgan fingerprint density at radius 3 is 2.23 bits per heavy atom. The highest BCUT2D eigenvalue weighted by molar-refractivity contribution is 6.07. The second kappa shape index (κ2) is 17.1. The number of benzene rings is 3. The second-order valence-corrected chi connectivity index (χ2v) is 18.6. The maximum absolute atomic E-state index is 14.6. The molecule has 9 atom stereocenters. The molecule has 2 aromatic heterocycles. The highest BCUT2D eigenvalue weighted by Crippen LogP contribution is 2.44. The van der Waals surface area contributed by atoms with Crippen LogP contribution in [0.3, 0.4) is 0 Å². The number of amides is 4. The lowest BCUT2D eigenvalue weighted by Crippen LogP contribution is -2.55. The Balaban J connectivity index is 0.970. The molecule has 0 bridgehead atoms. The molecule has 16 nitrogen and oxygen atoms in total. The van der Waals surface area contributed by atoms with Crippen molar-refractivity contribution < 1.29 is 38.5 Å². The van der Waals surface area contributed by atoms with Crippen LogP contribution in [0.5, 0.6) is 5.75 Å². The van der Waals surface area contributed by atoms with Gasteiger partial charge in [-0.1, -0.05) is 32.0 Å². The summed E-state index contributed by atoms with van der Waals surface area (Å²) in [6.07, 6.45) is 4.21. The van der Waals surface area contributed by atoms with Crippen molar-refractivity contribution in [2.24, 2.45) is 11.8 Å². The van der Waals surface area contributed by atoms with Crippen LogP contribution in [0.25, 0.3) is 44.2 Å².